The average Bonchev–Trinajstić information content (AvgIpc) is 2.80. The van der Waals surface area contributed by atoms with E-state index in [1.54, 1.807) is 0 Å². The number of hydrogen-bond acceptors (Lipinski definition) is 3. The first-order valence-electron chi connectivity index (χ1n) is 8.96. The molecular formula is C25H14FN3. The minimum absolute atomic E-state index is 0.154. The number of benzene rings is 3. The molecule has 0 saturated carbocycles. The molecule has 0 N–H and O–H groups in total. The highest BCUT2D eigenvalue weighted by atomic mass is 19.1. The molecule has 136 valence electrons. The van der Waals surface area contributed by atoms with Crippen molar-refractivity contribution in [2.24, 2.45) is 0 Å². The third-order valence-corrected chi connectivity index (χ3v) is 4.61. The van der Waals surface area contributed by atoms with Gasteiger partial charge in [0.1, 0.15) is 12.1 Å². The second kappa shape index (κ2) is 7.76. The standard InChI is InChI=1S/C25H14FN3/c26-25-21(15-27)11-19(12-22(25)16-28)20-13-23(17-7-3-1-4-8-17)29-24(14-20)18-9-5-2-6-10-18/h1-14H. The van der Waals surface area contributed by atoms with Gasteiger partial charge in [0.25, 0.3) is 0 Å². The minimum Gasteiger partial charge on any atom is -0.248 e. The van der Waals surface area contributed by atoms with Crippen molar-refractivity contribution in [2.75, 3.05) is 0 Å². The minimum atomic E-state index is -0.792. The predicted molar refractivity (Wildman–Crippen MR) is 110 cm³/mol. The van der Waals surface area contributed by atoms with Gasteiger partial charge in [0.15, 0.2) is 5.82 Å². The number of pyridine rings is 1. The number of halogens is 1. The van der Waals surface area contributed by atoms with E-state index in [1.165, 1.54) is 12.1 Å². The van der Waals surface area contributed by atoms with Crippen molar-refractivity contribution in [2.45, 2.75) is 0 Å². The van der Waals surface area contributed by atoms with E-state index in [0.717, 1.165) is 28.1 Å². The molecule has 0 atom stereocenters. The molecule has 3 aromatic carbocycles. The Bertz CT molecular complexity index is 1170. The van der Waals surface area contributed by atoms with Gasteiger partial charge in [-0.1, -0.05) is 60.7 Å². The Labute approximate surface area is 168 Å². The molecule has 1 heterocycles. The quantitative estimate of drug-likeness (QED) is 0.443. The first-order valence-corrected chi connectivity index (χ1v) is 8.96. The van der Waals surface area contributed by atoms with Gasteiger partial charge < -0.3 is 0 Å². The number of nitrogens with zero attached hydrogens (tertiary/aromatic N) is 3. The zero-order chi connectivity index (χ0) is 20.2. The molecule has 0 saturated heterocycles. The Hall–Kier alpha value is -4.28. The molecule has 0 aliphatic carbocycles. The molecule has 4 rings (SSSR count). The summed E-state index contributed by atoms with van der Waals surface area (Å²) in [5, 5.41) is 18.5. The fraction of sp³-hybridized carbons (Fsp3) is 0. The Balaban J connectivity index is 1.97. The highest BCUT2D eigenvalue weighted by molar-refractivity contribution is 5.77. The number of nitriles is 2. The van der Waals surface area contributed by atoms with Crippen molar-refractivity contribution in [3.8, 4) is 45.8 Å². The van der Waals surface area contributed by atoms with Crippen LogP contribution in [0.25, 0.3) is 33.6 Å². The van der Waals surface area contributed by atoms with Crippen LogP contribution in [0.3, 0.4) is 0 Å². The largest absolute Gasteiger partial charge is 0.248 e. The molecule has 0 unspecified atom stereocenters. The maximum Gasteiger partial charge on any atom is 0.158 e. The molecule has 0 aliphatic rings. The second-order valence-electron chi connectivity index (χ2n) is 6.47. The lowest BCUT2D eigenvalue weighted by atomic mass is 9.97. The van der Waals surface area contributed by atoms with E-state index >= 15 is 0 Å². The second-order valence-corrected chi connectivity index (χ2v) is 6.47. The van der Waals surface area contributed by atoms with Crippen LogP contribution in [0.1, 0.15) is 11.1 Å². The maximum atomic E-state index is 14.2. The molecule has 3 nitrogen and oxygen atoms in total. The molecule has 0 amide bonds. The van der Waals surface area contributed by atoms with E-state index in [4.69, 9.17) is 4.98 Å². The number of hydrogen-bond donors (Lipinski definition) is 0. The van der Waals surface area contributed by atoms with E-state index in [-0.39, 0.29) is 11.1 Å². The molecule has 29 heavy (non-hydrogen) atoms. The van der Waals surface area contributed by atoms with Crippen molar-refractivity contribution in [3.05, 3.63) is 102 Å². The lowest BCUT2D eigenvalue weighted by molar-refractivity contribution is 0.620. The molecule has 0 spiro atoms. The van der Waals surface area contributed by atoms with Gasteiger partial charge in [0.05, 0.1) is 22.5 Å². The third-order valence-electron chi connectivity index (χ3n) is 4.61. The normalized spacial score (nSPS) is 10.2. The van der Waals surface area contributed by atoms with Crippen LogP contribution in [0.15, 0.2) is 84.9 Å². The topological polar surface area (TPSA) is 60.5 Å². The van der Waals surface area contributed by atoms with E-state index in [0.29, 0.717) is 5.56 Å². The smallest absolute Gasteiger partial charge is 0.158 e. The van der Waals surface area contributed by atoms with E-state index in [1.807, 2.05) is 84.9 Å². The summed E-state index contributed by atoms with van der Waals surface area (Å²) in [6.07, 6.45) is 0. The van der Waals surface area contributed by atoms with Gasteiger partial charge in [-0.15, -0.1) is 0 Å². The third kappa shape index (κ3) is 3.60. The monoisotopic (exact) mass is 375 g/mol. The SMILES string of the molecule is N#Cc1cc(-c2cc(-c3ccccc3)nc(-c3ccccc3)c2)cc(C#N)c1F. The zero-order valence-electron chi connectivity index (χ0n) is 15.3. The van der Waals surface area contributed by atoms with Crippen LogP contribution in [-0.2, 0) is 0 Å². The lowest BCUT2D eigenvalue weighted by Gasteiger charge is -2.11. The van der Waals surface area contributed by atoms with Crippen molar-refractivity contribution in [1.82, 2.24) is 4.98 Å². The van der Waals surface area contributed by atoms with Gasteiger partial charge in [-0.3, -0.25) is 0 Å². The Morgan fingerprint density at radius 2 is 1.00 bits per heavy atom. The predicted octanol–water partition coefficient (Wildman–Crippen LogP) is 5.97. The first-order chi connectivity index (χ1) is 14.2. The van der Waals surface area contributed by atoms with Crippen molar-refractivity contribution >= 4 is 0 Å². The fourth-order valence-corrected chi connectivity index (χ4v) is 3.16. The molecule has 1 aromatic heterocycles. The summed E-state index contributed by atoms with van der Waals surface area (Å²) in [6.45, 7) is 0. The molecule has 0 bridgehead atoms. The van der Waals surface area contributed by atoms with Crippen molar-refractivity contribution in [1.29, 1.82) is 10.5 Å². The number of aromatic nitrogens is 1. The molecule has 0 aliphatic heterocycles. The maximum absolute atomic E-state index is 14.2. The summed E-state index contributed by atoms with van der Waals surface area (Å²) < 4.78 is 14.2. The van der Waals surface area contributed by atoms with E-state index < -0.39 is 5.82 Å². The molecular weight excluding hydrogens is 361 g/mol. The Morgan fingerprint density at radius 1 is 0.586 bits per heavy atom. The van der Waals surface area contributed by atoms with Crippen LogP contribution in [0, 0.1) is 28.5 Å². The van der Waals surface area contributed by atoms with Gasteiger partial charge in [-0.2, -0.15) is 10.5 Å². The van der Waals surface area contributed by atoms with Crippen LogP contribution in [0.5, 0.6) is 0 Å². The van der Waals surface area contributed by atoms with Crippen LogP contribution in [0.2, 0.25) is 0 Å². The van der Waals surface area contributed by atoms with Crippen molar-refractivity contribution in [3.63, 3.8) is 0 Å². The summed E-state index contributed by atoms with van der Waals surface area (Å²) in [5.74, 6) is -0.792. The van der Waals surface area contributed by atoms with Crippen LogP contribution in [-0.4, -0.2) is 4.98 Å². The van der Waals surface area contributed by atoms with Crippen LogP contribution < -0.4 is 0 Å². The van der Waals surface area contributed by atoms with Gasteiger partial charge in [-0.05, 0) is 35.4 Å². The fourth-order valence-electron chi connectivity index (χ4n) is 3.16. The summed E-state index contributed by atoms with van der Waals surface area (Å²) in [6, 6.07) is 29.8. The summed E-state index contributed by atoms with van der Waals surface area (Å²) in [7, 11) is 0. The molecule has 0 fully saturated rings. The first kappa shape index (κ1) is 18.1. The highest BCUT2D eigenvalue weighted by Crippen LogP contribution is 2.31. The Kier molecular flexibility index (Phi) is 4.84. The van der Waals surface area contributed by atoms with Gasteiger partial charge in [-0.25, -0.2) is 9.37 Å². The summed E-state index contributed by atoms with van der Waals surface area (Å²) in [4.78, 5) is 4.80. The van der Waals surface area contributed by atoms with Crippen molar-refractivity contribution < 1.29 is 4.39 Å². The molecule has 4 heteroatoms. The number of rotatable bonds is 3. The average molecular weight is 375 g/mol. The van der Waals surface area contributed by atoms with Crippen LogP contribution in [0.4, 0.5) is 4.39 Å². The van der Waals surface area contributed by atoms with E-state index in [9.17, 15) is 14.9 Å². The Morgan fingerprint density at radius 3 is 1.41 bits per heavy atom. The van der Waals surface area contributed by atoms with Crippen LogP contribution >= 0.6 is 0 Å². The van der Waals surface area contributed by atoms with Gasteiger partial charge in [0, 0.05) is 11.1 Å². The summed E-state index contributed by atoms with van der Waals surface area (Å²) >= 11 is 0. The zero-order valence-corrected chi connectivity index (χ0v) is 15.3. The lowest BCUT2D eigenvalue weighted by Crippen LogP contribution is -1.94. The van der Waals surface area contributed by atoms with Gasteiger partial charge >= 0.3 is 0 Å². The summed E-state index contributed by atoms with van der Waals surface area (Å²) in [5.41, 5.74) is 4.43. The molecule has 0 radical (unpaired) electrons. The van der Waals surface area contributed by atoms with E-state index in [2.05, 4.69) is 0 Å². The highest BCUT2D eigenvalue weighted by Gasteiger charge is 2.14. The van der Waals surface area contributed by atoms with Gasteiger partial charge in [0.2, 0.25) is 0 Å². The molecule has 4 aromatic rings.